The molecule has 0 aliphatic rings. The minimum absolute atomic E-state index is 0. The first-order chi connectivity index (χ1) is 9.72. The Morgan fingerprint density at radius 2 is 1.21 bits per heavy atom. The van der Waals surface area contributed by atoms with E-state index in [2.05, 4.69) is 11.4 Å². The monoisotopic (exact) mass is 412 g/mol. The number of hydrogen-bond donors (Lipinski definition) is 1. The number of aliphatic hydroxyl groups is 1. The summed E-state index contributed by atoms with van der Waals surface area (Å²) in [6, 6.07) is 0. The fourth-order valence-corrected chi connectivity index (χ4v) is 3.95. The molecule has 0 saturated heterocycles. The topological polar surface area (TPSA) is 133 Å². The zero-order valence-electron chi connectivity index (χ0n) is 15.4. The van der Waals surface area contributed by atoms with Crippen molar-refractivity contribution in [1.29, 1.82) is 0 Å². The Labute approximate surface area is 211 Å². The van der Waals surface area contributed by atoms with Gasteiger partial charge in [-0.15, -0.1) is 0 Å². The fourth-order valence-electron chi connectivity index (χ4n) is 1.84. The standard InChI is InChI=1S/C12H28O7P2.3Na/c1-2-3-4-5-6-7-8-9-10-11-19-21(17,18)12(13)20(14,15)16;;;/h12-13H,2-11H2,1H3,(H,17,18)(H2,14,15,16);;;/q;3*+1/p-3. The van der Waals surface area contributed by atoms with Crippen molar-refractivity contribution in [2.24, 2.45) is 0 Å². The van der Waals surface area contributed by atoms with Gasteiger partial charge in [-0.2, -0.15) is 0 Å². The van der Waals surface area contributed by atoms with E-state index < -0.39 is 20.8 Å². The summed E-state index contributed by atoms with van der Waals surface area (Å²) in [6.45, 7) is 1.94. The summed E-state index contributed by atoms with van der Waals surface area (Å²) >= 11 is 0. The second-order valence-corrected chi connectivity index (χ2v) is 8.89. The molecule has 0 aromatic heterocycles. The molecule has 0 amide bonds. The van der Waals surface area contributed by atoms with Gasteiger partial charge < -0.3 is 33.4 Å². The van der Waals surface area contributed by atoms with E-state index >= 15 is 0 Å². The van der Waals surface area contributed by atoms with Crippen LogP contribution in [0.4, 0.5) is 0 Å². The maximum atomic E-state index is 11.2. The molecule has 2 atom stereocenters. The first kappa shape index (κ1) is 34.7. The molecule has 12 heteroatoms. The molecular formula is C12H25Na3O7P2. The van der Waals surface area contributed by atoms with Crippen molar-refractivity contribution < 1.29 is 122 Å². The summed E-state index contributed by atoms with van der Waals surface area (Å²) in [5.41, 5.74) is -3.00. The van der Waals surface area contributed by atoms with Gasteiger partial charge in [0.1, 0.15) is 5.59 Å². The first-order valence-corrected chi connectivity index (χ1v) is 10.6. The van der Waals surface area contributed by atoms with Crippen molar-refractivity contribution in [3.63, 3.8) is 0 Å². The van der Waals surface area contributed by atoms with E-state index in [1.54, 1.807) is 0 Å². The van der Waals surface area contributed by atoms with E-state index in [1.807, 2.05) is 0 Å². The molecule has 0 bridgehead atoms. The van der Waals surface area contributed by atoms with Crippen LogP contribution in [0.5, 0.6) is 0 Å². The van der Waals surface area contributed by atoms with Crippen LogP contribution in [0.2, 0.25) is 0 Å². The maximum absolute atomic E-state index is 11.2. The van der Waals surface area contributed by atoms with Crippen molar-refractivity contribution in [3.05, 3.63) is 0 Å². The molecule has 0 fully saturated rings. The molecule has 0 heterocycles. The minimum Gasteiger partial charge on any atom is -0.809 e. The molecule has 0 aliphatic carbocycles. The SMILES string of the molecule is CCCCCCCCCCCOP(=O)([O-])C(O)P(=O)([O-])[O-].[Na+].[Na+].[Na+]. The van der Waals surface area contributed by atoms with Crippen LogP contribution in [0, 0.1) is 0 Å². The normalized spacial score (nSPS) is 14.5. The van der Waals surface area contributed by atoms with Gasteiger partial charge in [-0.25, -0.2) is 0 Å². The molecule has 2 unspecified atom stereocenters. The molecule has 0 aliphatic heterocycles. The van der Waals surface area contributed by atoms with Crippen LogP contribution in [0.25, 0.3) is 0 Å². The predicted octanol–water partition coefficient (Wildman–Crippen LogP) is -7.71. The zero-order chi connectivity index (χ0) is 16.4. The van der Waals surface area contributed by atoms with Crippen molar-refractivity contribution in [3.8, 4) is 0 Å². The van der Waals surface area contributed by atoms with Gasteiger partial charge in [-0.1, -0.05) is 58.3 Å². The molecule has 24 heavy (non-hydrogen) atoms. The van der Waals surface area contributed by atoms with Crippen LogP contribution in [-0.2, 0) is 13.7 Å². The second kappa shape index (κ2) is 19.6. The fraction of sp³-hybridized carbons (Fsp3) is 1.00. The maximum Gasteiger partial charge on any atom is 1.00 e. The number of rotatable bonds is 13. The van der Waals surface area contributed by atoms with Gasteiger partial charge in [-0.05, 0) is 14.0 Å². The van der Waals surface area contributed by atoms with E-state index in [0.29, 0.717) is 6.42 Å². The second-order valence-electron chi connectivity index (χ2n) is 5.09. The number of unbranched alkanes of at least 4 members (excludes halogenated alkanes) is 8. The van der Waals surface area contributed by atoms with Crippen molar-refractivity contribution in [2.75, 3.05) is 6.61 Å². The van der Waals surface area contributed by atoms with Crippen molar-refractivity contribution >= 4 is 15.2 Å². The molecule has 7 nitrogen and oxygen atoms in total. The Balaban J connectivity index is -0.000000667. The number of hydrogen-bond acceptors (Lipinski definition) is 7. The summed E-state index contributed by atoms with van der Waals surface area (Å²) in [6.07, 6.45) is 9.26. The van der Waals surface area contributed by atoms with Gasteiger partial charge >= 0.3 is 88.7 Å². The molecule has 0 radical (unpaired) electrons. The van der Waals surface area contributed by atoms with E-state index in [4.69, 9.17) is 5.11 Å². The molecule has 1 N–H and O–H groups in total. The Morgan fingerprint density at radius 3 is 1.58 bits per heavy atom. The van der Waals surface area contributed by atoms with Crippen LogP contribution >= 0.6 is 15.2 Å². The quantitative estimate of drug-likeness (QED) is 0.181. The van der Waals surface area contributed by atoms with E-state index in [0.717, 1.165) is 25.7 Å². The first-order valence-electron chi connectivity index (χ1n) is 7.37. The van der Waals surface area contributed by atoms with Gasteiger partial charge in [0.15, 0.2) is 7.60 Å². The number of aliphatic hydroxyl groups excluding tert-OH is 1. The van der Waals surface area contributed by atoms with E-state index in [-0.39, 0.29) is 95.3 Å². The van der Waals surface area contributed by atoms with Crippen molar-refractivity contribution in [1.82, 2.24) is 0 Å². The molecular weight excluding hydrogens is 387 g/mol. The average Bonchev–Trinajstić information content (AvgIpc) is 2.39. The molecule has 128 valence electrons. The van der Waals surface area contributed by atoms with Gasteiger partial charge in [0.2, 0.25) is 0 Å². The summed E-state index contributed by atoms with van der Waals surface area (Å²) in [5, 5.41) is 8.87. The molecule has 0 aromatic rings. The van der Waals surface area contributed by atoms with Crippen molar-refractivity contribution in [2.45, 2.75) is 70.3 Å². The van der Waals surface area contributed by atoms with Crippen LogP contribution in [0.3, 0.4) is 0 Å². The van der Waals surface area contributed by atoms with Gasteiger partial charge in [0, 0.05) is 0 Å². The average molecular weight is 412 g/mol. The molecule has 0 spiro atoms. The molecule has 0 rings (SSSR count). The molecule has 0 saturated carbocycles. The third-order valence-electron chi connectivity index (χ3n) is 3.08. The molecule has 0 aromatic carbocycles. The van der Waals surface area contributed by atoms with Crippen LogP contribution in [0.1, 0.15) is 64.7 Å². The van der Waals surface area contributed by atoms with Gasteiger partial charge in [-0.3, -0.25) is 0 Å². The summed E-state index contributed by atoms with van der Waals surface area (Å²) in [7, 11) is -10.7. The zero-order valence-corrected chi connectivity index (χ0v) is 23.2. The largest absolute Gasteiger partial charge is 1.00 e. The minimum atomic E-state index is -5.60. The Kier molecular flexibility index (Phi) is 28.3. The summed E-state index contributed by atoms with van der Waals surface area (Å²) in [5.74, 6) is 0. The van der Waals surface area contributed by atoms with Gasteiger partial charge in [0.05, 0.1) is 6.61 Å². The Morgan fingerprint density at radius 1 is 0.833 bits per heavy atom. The van der Waals surface area contributed by atoms with E-state index in [1.165, 1.54) is 25.7 Å². The Hall–Kier alpha value is 3.26. The van der Waals surface area contributed by atoms with E-state index in [9.17, 15) is 23.8 Å². The Bertz CT molecular complexity index is 369. The van der Waals surface area contributed by atoms with Crippen LogP contribution in [0.15, 0.2) is 0 Å². The van der Waals surface area contributed by atoms with Gasteiger partial charge in [0.25, 0.3) is 0 Å². The third kappa shape index (κ3) is 18.6. The summed E-state index contributed by atoms with van der Waals surface area (Å²) in [4.78, 5) is 32.1. The summed E-state index contributed by atoms with van der Waals surface area (Å²) < 4.78 is 26.0. The predicted molar refractivity (Wildman–Crippen MR) is 74.4 cm³/mol. The van der Waals surface area contributed by atoms with Crippen LogP contribution < -0.4 is 103 Å². The third-order valence-corrected chi connectivity index (χ3v) is 6.46. The smallest absolute Gasteiger partial charge is 0.809 e. The van der Waals surface area contributed by atoms with Crippen LogP contribution in [-0.4, -0.2) is 17.3 Å².